The number of thiophene rings is 1. The lowest BCUT2D eigenvalue weighted by Gasteiger charge is -2.28. The maximum atomic E-state index is 2.40. The number of hydrogen-bond donors (Lipinski definition) is 0. The van der Waals surface area contributed by atoms with E-state index in [9.17, 15) is 0 Å². The van der Waals surface area contributed by atoms with E-state index in [2.05, 4.69) is 241 Å². The molecule has 0 aliphatic heterocycles. The zero-order valence-corrected chi connectivity index (χ0v) is 33.7. The lowest BCUT2D eigenvalue weighted by molar-refractivity contribution is 1.28. The molecule has 0 radical (unpaired) electrons. The Bertz CT molecular complexity index is 3290. The van der Waals surface area contributed by atoms with Crippen LogP contribution < -0.4 is 4.90 Å². The van der Waals surface area contributed by atoms with Crippen molar-refractivity contribution in [3.05, 3.63) is 237 Å². The Morgan fingerprint density at radius 3 is 1.52 bits per heavy atom. The monoisotopic (exact) mass is 781 g/mol. The van der Waals surface area contributed by atoms with Gasteiger partial charge in [-0.05, 0) is 115 Å². The number of nitrogens with zero attached hydrogens (tertiary/aromatic N) is 1. The van der Waals surface area contributed by atoms with Crippen molar-refractivity contribution in [2.75, 3.05) is 4.90 Å². The van der Waals surface area contributed by atoms with Crippen molar-refractivity contribution < 1.29 is 0 Å². The van der Waals surface area contributed by atoms with Crippen LogP contribution in [0, 0.1) is 0 Å². The molecule has 0 atom stereocenters. The summed E-state index contributed by atoms with van der Waals surface area (Å²) >= 11 is 1.86. The molecule has 0 aliphatic carbocycles. The molecule has 282 valence electrons. The normalized spacial score (nSPS) is 11.3. The average molecular weight is 782 g/mol. The fourth-order valence-corrected chi connectivity index (χ4v) is 9.72. The standard InChI is InChI=1S/C58H39NS/c1-2-11-40(12-3-1)42-21-24-45(25-22-42)53-17-6-8-19-56(53)59(52-34-29-44(30-35-52)50-31-36-55-54-18-7-9-20-57(54)60-58(55)39-50)51-32-27-43(28-33-51)47-15-10-16-48(37-47)49-26-23-41-13-4-5-14-46(41)38-49/h1-39H. The second kappa shape index (κ2) is 15.3. The smallest absolute Gasteiger partial charge is 0.0540 e. The van der Waals surface area contributed by atoms with E-state index in [0.29, 0.717) is 0 Å². The molecule has 0 N–H and O–H groups in total. The second-order valence-electron chi connectivity index (χ2n) is 15.3. The molecule has 0 bridgehead atoms. The number of fused-ring (bicyclic) bond motifs is 4. The number of benzene rings is 10. The predicted octanol–water partition coefficient (Wildman–Crippen LogP) is 17.0. The van der Waals surface area contributed by atoms with Gasteiger partial charge < -0.3 is 4.90 Å². The van der Waals surface area contributed by atoms with Gasteiger partial charge in [-0.15, -0.1) is 11.3 Å². The van der Waals surface area contributed by atoms with Gasteiger partial charge in [0, 0.05) is 37.1 Å². The van der Waals surface area contributed by atoms with E-state index in [0.717, 1.165) is 17.1 Å². The number of anilines is 3. The Balaban J connectivity index is 0.973. The fourth-order valence-electron chi connectivity index (χ4n) is 8.57. The van der Waals surface area contributed by atoms with Crippen LogP contribution in [-0.4, -0.2) is 0 Å². The van der Waals surface area contributed by atoms with Crippen LogP contribution in [-0.2, 0) is 0 Å². The predicted molar refractivity (Wildman–Crippen MR) is 259 cm³/mol. The van der Waals surface area contributed by atoms with Gasteiger partial charge in [0.2, 0.25) is 0 Å². The summed E-state index contributed by atoms with van der Waals surface area (Å²) in [6.45, 7) is 0. The highest BCUT2D eigenvalue weighted by Crippen LogP contribution is 2.43. The van der Waals surface area contributed by atoms with Crippen LogP contribution in [0.4, 0.5) is 17.1 Å². The zero-order chi connectivity index (χ0) is 39.8. The Morgan fingerprint density at radius 2 is 0.750 bits per heavy atom. The molecule has 1 aromatic heterocycles. The van der Waals surface area contributed by atoms with Crippen molar-refractivity contribution in [1.29, 1.82) is 0 Å². The van der Waals surface area contributed by atoms with Crippen molar-refractivity contribution in [3.8, 4) is 55.6 Å². The Kier molecular flexibility index (Phi) is 9.11. The Morgan fingerprint density at radius 1 is 0.267 bits per heavy atom. The maximum Gasteiger partial charge on any atom is 0.0540 e. The van der Waals surface area contributed by atoms with Gasteiger partial charge in [-0.25, -0.2) is 0 Å². The molecule has 11 rings (SSSR count). The highest BCUT2D eigenvalue weighted by molar-refractivity contribution is 7.25. The Labute approximate surface area is 354 Å². The first-order chi connectivity index (χ1) is 29.7. The summed E-state index contributed by atoms with van der Waals surface area (Å²) in [7, 11) is 0. The topological polar surface area (TPSA) is 3.24 Å². The van der Waals surface area contributed by atoms with E-state index < -0.39 is 0 Å². The van der Waals surface area contributed by atoms with Crippen molar-refractivity contribution in [1.82, 2.24) is 0 Å². The average Bonchev–Trinajstić information content (AvgIpc) is 3.71. The fraction of sp³-hybridized carbons (Fsp3) is 0. The summed E-state index contributed by atoms with van der Waals surface area (Å²) < 4.78 is 2.64. The van der Waals surface area contributed by atoms with Crippen molar-refractivity contribution in [3.63, 3.8) is 0 Å². The summed E-state index contributed by atoms with van der Waals surface area (Å²) in [5.41, 5.74) is 15.3. The van der Waals surface area contributed by atoms with Crippen molar-refractivity contribution in [2.45, 2.75) is 0 Å². The van der Waals surface area contributed by atoms with Crippen LogP contribution >= 0.6 is 11.3 Å². The number of para-hydroxylation sites is 1. The van der Waals surface area contributed by atoms with Crippen LogP contribution in [0.1, 0.15) is 0 Å². The van der Waals surface area contributed by atoms with Gasteiger partial charge in [0.1, 0.15) is 0 Å². The lowest BCUT2D eigenvalue weighted by Crippen LogP contribution is -2.11. The highest BCUT2D eigenvalue weighted by Gasteiger charge is 2.18. The van der Waals surface area contributed by atoms with Gasteiger partial charge in [-0.3, -0.25) is 0 Å². The van der Waals surface area contributed by atoms with Crippen LogP contribution in [0.3, 0.4) is 0 Å². The molecule has 1 heterocycles. The molecule has 11 aromatic rings. The van der Waals surface area contributed by atoms with Crippen molar-refractivity contribution >= 4 is 59.3 Å². The van der Waals surface area contributed by atoms with E-state index in [1.165, 1.54) is 86.6 Å². The molecule has 0 unspecified atom stereocenters. The molecule has 2 heteroatoms. The third-order valence-corrected chi connectivity index (χ3v) is 12.8. The van der Waals surface area contributed by atoms with E-state index in [1.54, 1.807) is 0 Å². The summed E-state index contributed by atoms with van der Waals surface area (Å²) in [4.78, 5) is 2.40. The summed E-state index contributed by atoms with van der Waals surface area (Å²) in [6, 6.07) is 86.1. The van der Waals surface area contributed by atoms with Gasteiger partial charge in [-0.2, -0.15) is 0 Å². The van der Waals surface area contributed by atoms with Gasteiger partial charge >= 0.3 is 0 Å². The van der Waals surface area contributed by atoms with Crippen LogP contribution in [0.25, 0.3) is 86.6 Å². The minimum absolute atomic E-state index is 1.09. The van der Waals surface area contributed by atoms with Crippen LogP contribution in [0.15, 0.2) is 237 Å². The molecule has 0 aliphatic rings. The summed E-state index contributed by atoms with van der Waals surface area (Å²) in [5, 5.41) is 5.15. The van der Waals surface area contributed by atoms with E-state index in [4.69, 9.17) is 0 Å². The SMILES string of the molecule is c1ccc(-c2ccc(-c3ccccc3N(c3ccc(-c4cccc(-c5ccc6ccccc6c5)c4)cc3)c3ccc(-c4ccc5c(c4)sc4ccccc45)cc3)cc2)cc1. The first-order valence-corrected chi connectivity index (χ1v) is 21.3. The molecule has 0 spiro atoms. The van der Waals surface area contributed by atoms with Crippen molar-refractivity contribution in [2.24, 2.45) is 0 Å². The van der Waals surface area contributed by atoms with Crippen LogP contribution in [0.5, 0.6) is 0 Å². The van der Waals surface area contributed by atoms with Gasteiger partial charge in [0.05, 0.1) is 5.69 Å². The first kappa shape index (κ1) is 35.6. The Hall–Kier alpha value is -7.52. The van der Waals surface area contributed by atoms with E-state index in [1.807, 2.05) is 11.3 Å². The third kappa shape index (κ3) is 6.73. The molecular weight excluding hydrogens is 743 g/mol. The maximum absolute atomic E-state index is 2.40. The minimum atomic E-state index is 1.09. The third-order valence-electron chi connectivity index (χ3n) is 11.7. The summed E-state index contributed by atoms with van der Waals surface area (Å²) in [5.74, 6) is 0. The molecule has 0 saturated heterocycles. The van der Waals surface area contributed by atoms with Gasteiger partial charge in [0.15, 0.2) is 0 Å². The molecular formula is C58H39NS. The van der Waals surface area contributed by atoms with Gasteiger partial charge in [-0.1, -0.05) is 182 Å². The second-order valence-corrected chi connectivity index (χ2v) is 16.4. The molecule has 10 aromatic carbocycles. The molecule has 60 heavy (non-hydrogen) atoms. The molecule has 0 amide bonds. The molecule has 1 nitrogen and oxygen atoms in total. The number of rotatable bonds is 8. The minimum Gasteiger partial charge on any atom is -0.310 e. The highest BCUT2D eigenvalue weighted by atomic mass is 32.1. The van der Waals surface area contributed by atoms with Crippen LogP contribution in [0.2, 0.25) is 0 Å². The quantitative estimate of drug-likeness (QED) is 0.148. The number of hydrogen-bond acceptors (Lipinski definition) is 2. The van der Waals surface area contributed by atoms with E-state index in [-0.39, 0.29) is 0 Å². The zero-order valence-electron chi connectivity index (χ0n) is 32.9. The molecule has 0 saturated carbocycles. The first-order valence-electron chi connectivity index (χ1n) is 20.5. The molecule has 0 fully saturated rings. The largest absolute Gasteiger partial charge is 0.310 e. The van der Waals surface area contributed by atoms with Gasteiger partial charge in [0.25, 0.3) is 0 Å². The van der Waals surface area contributed by atoms with E-state index >= 15 is 0 Å². The lowest BCUT2D eigenvalue weighted by atomic mass is 9.96. The summed E-state index contributed by atoms with van der Waals surface area (Å²) in [6.07, 6.45) is 0.